The Morgan fingerprint density at radius 1 is 1.00 bits per heavy atom. The molecule has 0 radical (unpaired) electrons. The van der Waals surface area contributed by atoms with Crippen molar-refractivity contribution in [1.82, 2.24) is 0 Å². The van der Waals surface area contributed by atoms with Gasteiger partial charge in [-0.3, -0.25) is 4.79 Å². The second kappa shape index (κ2) is 13.3. The Hall–Kier alpha value is 1.23. The molecule has 0 fully saturated rings. The monoisotopic (exact) mass is 259 g/mol. The zero-order valence-corrected chi connectivity index (χ0v) is 14.8. The van der Waals surface area contributed by atoms with Crippen LogP contribution in [0.3, 0.4) is 0 Å². The van der Waals surface area contributed by atoms with E-state index >= 15 is 0 Å². The molecule has 1 rings (SSSR count). The first kappa shape index (κ1) is 21.5. The van der Waals surface area contributed by atoms with Crippen molar-refractivity contribution in [2.75, 3.05) is 0 Å². The van der Waals surface area contributed by atoms with Crippen molar-refractivity contribution in [3.63, 3.8) is 0 Å². The average Bonchev–Trinajstić information content (AvgIpc) is 2.05. The minimum atomic E-state index is -2.33. The average molecular weight is 259 g/mol. The number of primary amides is 1. The molecule has 0 aliphatic rings. The number of benzene rings is 1. The van der Waals surface area contributed by atoms with Gasteiger partial charge in [0.1, 0.15) is 0 Å². The summed E-state index contributed by atoms with van der Waals surface area (Å²) in [6.45, 7) is 0. The molecule has 2 N–H and O–H groups in total. The fraction of sp³-hybridized carbons (Fsp3) is 0. The van der Waals surface area contributed by atoms with Gasteiger partial charge in [-0.2, -0.15) is 0 Å². The fourth-order valence-electron chi connectivity index (χ4n) is 0.602. The predicted molar refractivity (Wildman–Crippen MR) is 40.4 cm³/mol. The number of carbonyl (C=O) groups excluding carboxylic acids is 2. The van der Waals surface area contributed by atoms with Gasteiger partial charge in [-0.05, 0) is 18.3 Å². The van der Waals surface area contributed by atoms with Crippen molar-refractivity contribution in [2.24, 2.45) is 5.73 Å². The van der Waals surface area contributed by atoms with Gasteiger partial charge in [0, 0.05) is 5.56 Å². The molecule has 0 aliphatic heterocycles. The summed E-state index contributed by atoms with van der Waals surface area (Å²) in [5.41, 5.74) is 5.53. The van der Waals surface area contributed by atoms with E-state index in [1.54, 1.807) is 24.3 Å². The molecule has 0 saturated heterocycles. The Labute approximate surface area is 172 Å². The van der Waals surface area contributed by atoms with Crippen LogP contribution in [-0.2, 0) is 0 Å². The van der Waals surface area contributed by atoms with Crippen molar-refractivity contribution >= 4 is 12.1 Å². The minimum absolute atomic E-state index is 0. The SMILES string of the molecule is NC(=O)c1ccccc1.O=C([O-])[O-].[K+].[K+]. The molecule has 0 atom stereocenters. The Morgan fingerprint density at radius 2 is 1.33 bits per heavy atom. The van der Waals surface area contributed by atoms with E-state index in [1.807, 2.05) is 6.07 Å². The third kappa shape index (κ3) is 15.2. The molecule has 5 nitrogen and oxygen atoms in total. The summed E-state index contributed by atoms with van der Waals surface area (Å²) in [7, 11) is 0. The number of hydrogen-bond donors (Lipinski definition) is 1. The topological polar surface area (TPSA) is 106 Å². The van der Waals surface area contributed by atoms with Crippen LogP contribution in [0.15, 0.2) is 30.3 Å². The predicted octanol–water partition coefficient (Wildman–Crippen LogP) is -7.65. The van der Waals surface area contributed by atoms with Crippen molar-refractivity contribution < 1.29 is 123 Å². The molecule has 0 bridgehead atoms. The number of amides is 1. The molecule has 15 heavy (non-hydrogen) atoms. The summed E-state index contributed by atoms with van der Waals surface area (Å²) in [6.07, 6.45) is -2.33. The third-order valence-corrected chi connectivity index (χ3v) is 1.06. The van der Waals surface area contributed by atoms with Crippen LogP contribution in [0.2, 0.25) is 0 Å². The number of rotatable bonds is 1. The number of carbonyl (C=O) groups is 2. The van der Waals surface area contributed by atoms with Gasteiger partial charge in [-0.15, -0.1) is 0 Å². The molecular weight excluding hydrogens is 252 g/mol. The van der Waals surface area contributed by atoms with Crippen molar-refractivity contribution in [3.8, 4) is 0 Å². The largest absolute Gasteiger partial charge is 1.00 e. The molecule has 0 saturated carbocycles. The summed E-state index contributed by atoms with van der Waals surface area (Å²) >= 11 is 0. The standard InChI is InChI=1S/C7H7NO.CH2O3.2K/c8-7(9)6-4-2-1-3-5-6;2-1(3)4;;/h1-5H,(H2,8,9);(H2,2,3,4);;/q;;2*+1/p-2. The van der Waals surface area contributed by atoms with Gasteiger partial charge >= 0.3 is 103 Å². The van der Waals surface area contributed by atoms with E-state index in [0.29, 0.717) is 5.56 Å². The summed E-state index contributed by atoms with van der Waals surface area (Å²) in [5.74, 6) is -0.379. The Bertz CT molecular complexity index is 288. The molecule has 0 heterocycles. The zero-order valence-electron chi connectivity index (χ0n) is 8.60. The molecular formula is C8H7K2NO4. The Morgan fingerprint density at radius 3 is 1.53 bits per heavy atom. The quantitative estimate of drug-likeness (QED) is 0.506. The van der Waals surface area contributed by atoms with Crippen molar-refractivity contribution in [3.05, 3.63) is 35.9 Å². The summed E-state index contributed by atoms with van der Waals surface area (Å²) in [5, 5.41) is 16.7. The van der Waals surface area contributed by atoms with E-state index in [1.165, 1.54) is 0 Å². The molecule has 70 valence electrons. The summed E-state index contributed by atoms with van der Waals surface area (Å²) in [4.78, 5) is 18.8. The maximum atomic E-state index is 10.4. The Kier molecular flexibility index (Phi) is 19.1. The smallest absolute Gasteiger partial charge is 0.652 e. The first-order chi connectivity index (χ1) is 6.04. The van der Waals surface area contributed by atoms with Crippen LogP contribution in [0.4, 0.5) is 4.79 Å². The fourth-order valence-corrected chi connectivity index (χ4v) is 0.602. The normalized spacial score (nSPS) is 6.93. The van der Waals surface area contributed by atoms with E-state index in [2.05, 4.69) is 0 Å². The van der Waals surface area contributed by atoms with Gasteiger partial charge in [0.15, 0.2) is 0 Å². The maximum Gasteiger partial charge on any atom is 1.00 e. The number of carboxylic acid groups (broad SMARTS) is 2. The number of nitrogens with two attached hydrogens (primary N) is 1. The Balaban J connectivity index is -0.000000213. The van der Waals surface area contributed by atoms with E-state index in [0.717, 1.165) is 0 Å². The third-order valence-electron chi connectivity index (χ3n) is 1.06. The van der Waals surface area contributed by atoms with Crippen LogP contribution in [0.25, 0.3) is 0 Å². The van der Waals surface area contributed by atoms with Gasteiger partial charge in [-0.1, -0.05) is 18.2 Å². The second-order valence-electron chi connectivity index (χ2n) is 1.98. The van der Waals surface area contributed by atoms with E-state index in [-0.39, 0.29) is 109 Å². The van der Waals surface area contributed by atoms with E-state index in [9.17, 15) is 4.79 Å². The molecule has 0 aromatic heterocycles. The molecule has 0 spiro atoms. The molecule has 1 amide bonds. The van der Waals surface area contributed by atoms with Crippen LogP contribution >= 0.6 is 0 Å². The van der Waals surface area contributed by atoms with Crippen LogP contribution < -0.4 is 119 Å². The summed E-state index contributed by atoms with van der Waals surface area (Å²) < 4.78 is 0. The van der Waals surface area contributed by atoms with Gasteiger partial charge in [0.2, 0.25) is 5.91 Å². The zero-order chi connectivity index (χ0) is 10.3. The first-order valence-corrected chi connectivity index (χ1v) is 3.27. The number of hydrogen-bond acceptors (Lipinski definition) is 4. The van der Waals surface area contributed by atoms with Gasteiger partial charge in [-0.25, -0.2) is 0 Å². The van der Waals surface area contributed by atoms with Crippen molar-refractivity contribution in [2.45, 2.75) is 0 Å². The van der Waals surface area contributed by atoms with Crippen LogP contribution in [0.1, 0.15) is 10.4 Å². The van der Waals surface area contributed by atoms with Crippen LogP contribution in [0.5, 0.6) is 0 Å². The van der Waals surface area contributed by atoms with Gasteiger partial charge < -0.3 is 20.7 Å². The van der Waals surface area contributed by atoms with Crippen LogP contribution in [-0.4, -0.2) is 12.1 Å². The molecule has 0 aliphatic carbocycles. The van der Waals surface area contributed by atoms with Crippen molar-refractivity contribution in [1.29, 1.82) is 0 Å². The van der Waals surface area contributed by atoms with Crippen LogP contribution in [0, 0.1) is 0 Å². The second-order valence-corrected chi connectivity index (χ2v) is 1.98. The maximum absolute atomic E-state index is 10.4. The first-order valence-electron chi connectivity index (χ1n) is 3.27. The van der Waals surface area contributed by atoms with E-state index < -0.39 is 6.16 Å². The molecule has 1 aromatic rings. The molecule has 7 heteroatoms. The summed E-state index contributed by atoms with van der Waals surface area (Å²) in [6, 6.07) is 8.76. The van der Waals surface area contributed by atoms with Gasteiger partial charge in [0.05, 0.1) is 0 Å². The minimum Gasteiger partial charge on any atom is -0.652 e. The molecule has 1 aromatic carbocycles. The molecule has 0 unspecified atom stereocenters. The van der Waals surface area contributed by atoms with E-state index in [4.69, 9.17) is 20.7 Å². The van der Waals surface area contributed by atoms with Gasteiger partial charge in [0.25, 0.3) is 0 Å².